The normalized spacial score (nSPS) is 11.5. The van der Waals surface area contributed by atoms with Crippen LogP contribution < -0.4 is 10.5 Å². The zero-order chi connectivity index (χ0) is 18.9. The lowest BCUT2D eigenvalue weighted by Crippen LogP contribution is -2.13. The van der Waals surface area contributed by atoms with Crippen molar-refractivity contribution in [3.63, 3.8) is 0 Å². The van der Waals surface area contributed by atoms with E-state index in [-0.39, 0.29) is 33.3 Å². The molecule has 3 aromatic rings. The van der Waals surface area contributed by atoms with Crippen molar-refractivity contribution in [3.05, 3.63) is 57.5 Å². The SMILES string of the molecule is CCOC(=O)c1ccc(NS(=O)(=O)c2cc3oc(=O)[nH]c3cc2Cl)cc1. The first-order chi connectivity index (χ1) is 12.3. The van der Waals surface area contributed by atoms with Crippen molar-refractivity contribution >= 4 is 44.4 Å². The van der Waals surface area contributed by atoms with Crippen LogP contribution in [0, 0.1) is 0 Å². The Morgan fingerprint density at radius 2 is 1.96 bits per heavy atom. The molecule has 0 spiro atoms. The quantitative estimate of drug-likeness (QED) is 0.640. The van der Waals surface area contributed by atoms with Gasteiger partial charge in [-0.1, -0.05) is 11.6 Å². The van der Waals surface area contributed by atoms with E-state index >= 15 is 0 Å². The van der Waals surface area contributed by atoms with Gasteiger partial charge in [-0.25, -0.2) is 18.0 Å². The number of oxazole rings is 1. The number of sulfonamides is 1. The average molecular weight is 397 g/mol. The summed E-state index contributed by atoms with van der Waals surface area (Å²) in [6.07, 6.45) is 0. The highest BCUT2D eigenvalue weighted by Crippen LogP contribution is 2.28. The monoisotopic (exact) mass is 396 g/mol. The van der Waals surface area contributed by atoms with E-state index in [0.717, 1.165) is 6.07 Å². The maximum absolute atomic E-state index is 12.6. The summed E-state index contributed by atoms with van der Waals surface area (Å²) >= 11 is 6.02. The minimum Gasteiger partial charge on any atom is -0.462 e. The van der Waals surface area contributed by atoms with Crippen molar-refractivity contribution in [1.82, 2.24) is 4.98 Å². The van der Waals surface area contributed by atoms with E-state index in [1.807, 2.05) is 0 Å². The molecule has 10 heteroatoms. The molecule has 1 aromatic heterocycles. The Morgan fingerprint density at radius 3 is 2.62 bits per heavy atom. The molecule has 0 amide bonds. The van der Waals surface area contributed by atoms with Crippen molar-refractivity contribution in [2.24, 2.45) is 0 Å². The summed E-state index contributed by atoms with van der Waals surface area (Å²) in [7, 11) is -4.04. The molecule has 1 heterocycles. The van der Waals surface area contributed by atoms with Gasteiger partial charge in [-0.2, -0.15) is 0 Å². The predicted octanol–water partition coefficient (Wildman–Crippen LogP) is 2.75. The lowest BCUT2D eigenvalue weighted by atomic mass is 10.2. The van der Waals surface area contributed by atoms with E-state index in [4.69, 9.17) is 20.8 Å². The minimum atomic E-state index is -4.04. The highest BCUT2D eigenvalue weighted by molar-refractivity contribution is 7.92. The second-order valence-corrected chi connectivity index (χ2v) is 7.25. The van der Waals surface area contributed by atoms with Gasteiger partial charge in [0.05, 0.1) is 22.7 Å². The summed E-state index contributed by atoms with van der Waals surface area (Å²) in [6.45, 7) is 1.93. The fourth-order valence-electron chi connectivity index (χ4n) is 2.26. The Hall–Kier alpha value is -2.78. The van der Waals surface area contributed by atoms with Gasteiger partial charge in [0.25, 0.3) is 10.0 Å². The summed E-state index contributed by atoms with van der Waals surface area (Å²) in [5.74, 6) is -1.22. The summed E-state index contributed by atoms with van der Waals surface area (Å²) in [5.41, 5.74) is 0.878. The standard InChI is InChI=1S/C16H13ClN2O6S/c1-2-24-15(20)9-3-5-10(6-4-9)19-26(22,23)14-8-13-12(7-11(14)17)18-16(21)25-13/h3-8,19H,2H2,1H3,(H,18,21). The Bertz CT molecular complexity index is 1130. The molecule has 2 N–H and O–H groups in total. The molecule has 0 atom stereocenters. The third kappa shape index (κ3) is 3.58. The molecule has 0 aliphatic rings. The highest BCUT2D eigenvalue weighted by Gasteiger charge is 2.21. The second kappa shape index (κ2) is 6.85. The number of nitrogens with one attached hydrogen (secondary N) is 2. The predicted molar refractivity (Wildman–Crippen MR) is 95.1 cm³/mol. The molecule has 26 heavy (non-hydrogen) atoms. The molecule has 0 radical (unpaired) electrons. The number of benzene rings is 2. The summed E-state index contributed by atoms with van der Waals surface area (Å²) in [4.78, 5) is 25.0. The van der Waals surface area contributed by atoms with Crippen LogP contribution in [0.2, 0.25) is 5.02 Å². The highest BCUT2D eigenvalue weighted by atomic mass is 35.5. The Labute approximate surface area is 152 Å². The van der Waals surface area contributed by atoms with Gasteiger partial charge in [-0.3, -0.25) is 9.71 Å². The number of ether oxygens (including phenoxy) is 1. The number of halogens is 1. The maximum atomic E-state index is 12.6. The molecule has 0 aliphatic heterocycles. The maximum Gasteiger partial charge on any atom is 0.417 e. The van der Waals surface area contributed by atoms with Crippen molar-refractivity contribution < 1.29 is 22.4 Å². The number of anilines is 1. The number of aromatic amines is 1. The zero-order valence-electron chi connectivity index (χ0n) is 13.4. The van der Waals surface area contributed by atoms with Crippen LogP contribution in [0.5, 0.6) is 0 Å². The van der Waals surface area contributed by atoms with Crippen LogP contribution in [-0.2, 0) is 14.8 Å². The van der Waals surface area contributed by atoms with E-state index in [2.05, 4.69) is 9.71 Å². The molecule has 0 fully saturated rings. The van der Waals surface area contributed by atoms with Gasteiger partial charge in [0.15, 0.2) is 5.58 Å². The van der Waals surface area contributed by atoms with Gasteiger partial charge < -0.3 is 9.15 Å². The third-order valence-electron chi connectivity index (χ3n) is 3.41. The lowest BCUT2D eigenvalue weighted by molar-refractivity contribution is 0.0526. The molecule has 3 rings (SSSR count). The van der Waals surface area contributed by atoms with Crippen LogP contribution >= 0.6 is 11.6 Å². The third-order valence-corrected chi connectivity index (χ3v) is 5.26. The van der Waals surface area contributed by atoms with Crippen LogP contribution in [-0.4, -0.2) is 26.0 Å². The Kier molecular flexibility index (Phi) is 4.75. The molecule has 2 aromatic carbocycles. The van der Waals surface area contributed by atoms with Crippen LogP contribution in [0.1, 0.15) is 17.3 Å². The van der Waals surface area contributed by atoms with Crippen LogP contribution in [0.3, 0.4) is 0 Å². The summed E-state index contributed by atoms with van der Waals surface area (Å²) in [5, 5.41) is -0.0785. The minimum absolute atomic E-state index is 0.0671. The number of fused-ring (bicyclic) bond motifs is 1. The van der Waals surface area contributed by atoms with Gasteiger partial charge in [0, 0.05) is 11.8 Å². The van der Waals surface area contributed by atoms with Crippen molar-refractivity contribution in [2.75, 3.05) is 11.3 Å². The van der Waals surface area contributed by atoms with Gasteiger partial charge in [0.1, 0.15) is 4.90 Å². The van der Waals surface area contributed by atoms with E-state index in [1.54, 1.807) is 6.92 Å². The van der Waals surface area contributed by atoms with E-state index in [0.29, 0.717) is 5.56 Å². The first-order valence-electron chi connectivity index (χ1n) is 7.42. The molecule has 0 aliphatic carbocycles. The number of carbonyl (C=O) groups is 1. The van der Waals surface area contributed by atoms with Crippen molar-refractivity contribution in [1.29, 1.82) is 0 Å². The number of hydrogen-bond donors (Lipinski definition) is 2. The van der Waals surface area contributed by atoms with Gasteiger partial charge in [-0.15, -0.1) is 0 Å². The number of esters is 1. The topological polar surface area (TPSA) is 118 Å². The molecule has 0 bridgehead atoms. The zero-order valence-corrected chi connectivity index (χ0v) is 15.0. The van der Waals surface area contributed by atoms with Crippen LogP contribution in [0.15, 0.2) is 50.5 Å². The summed E-state index contributed by atoms with van der Waals surface area (Å²) < 4.78 is 37.2. The number of carbonyl (C=O) groups excluding carboxylic acids is 1. The number of hydrogen-bond acceptors (Lipinski definition) is 6. The first kappa shape index (κ1) is 18.0. The first-order valence-corrected chi connectivity index (χ1v) is 9.28. The van der Waals surface area contributed by atoms with Gasteiger partial charge >= 0.3 is 11.7 Å². The van der Waals surface area contributed by atoms with Crippen molar-refractivity contribution in [2.45, 2.75) is 11.8 Å². The average Bonchev–Trinajstić information content (AvgIpc) is 2.93. The molecule has 136 valence electrons. The Morgan fingerprint density at radius 1 is 1.27 bits per heavy atom. The van der Waals surface area contributed by atoms with E-state index in [1.165, 1.54) is 30.3 Å². The summed E-state index contributed by atoms with van der Waals surface area (Å²) in [6, 6.07) is 8.17. The molecule has 0 saturated carbocycles. The van der Waals surface area contributed by atoms with E-state index in [9.17, 15) is 18.0 Å². The number of H-pyrrole nitrogens is 1. The van der Waals surface area contributed by atoms with Crippen LogP contribution in [0.4, 0.5) is 5.69 Å². The molecule has 0 saturated heterocycles. The van der Waals surface area contributed by atoms with Crippen molar-refractivity contribution in [3.8, 4) is 0 Å². The largest absolute Gasteiger partial charge is 0.462 e. The fourth-order valence-corrected chi connectivity index (χ4v) is 3.86. The Balaban J connectivity index is 1.90. The lowest BCUT2D eigenvalue weighted by Gasteiger charge is -2.10. The molecule has 0 unspecified atom stereocenters. The van der Waals surface area contributed by atoms with Gasteiger partial charge in [0.2, 0.25) is 0 Å². The smallest absolute Gasteiger partial charge is 0.417 e. The van der Waals surface area contributed by atoms with Gasteiger partial charge in [-0.05, 0) is 37.3 Å². The second-order valence-electron chi connectivity index (χ2n) is 5.20. The number of rotatable bonds is 5. The number of aromatic nitrogens is 1. The molecular formula is C16H13ClN2O6S. The molecule has 8 nitrogen and oxygen atoms in total. The van der Waals surface area contributed by atoms with Crippen LogP contribution in [0.25, 0.3) is 11.1 Å². The van der Waals surface area contributed by atoms with E-state index < -0.39 is 21.7 Å². The fraction of sp³-hybridized carbons (Fsp3) is 0.125. The molecular weight excluding hydrogens is 384 g/mol.